The molecule has 0 radical (unpaired) electrons. The summed E-state index contributed by atoms with van der Waals surface area (Å²) < 4.78 is 18.4. The lowest BCUT2D eigenvalue weighted by atomic mass is 10.1. The first-order chi connectivity index (χ1) is 25.7. The summed E-state index contributed by atoms with van der Waals surface area (Å²) in [7, 11) is 0. The lowest BCUT2D eigenvalue weighted by Crippen LogP contribution is -2.49. The molecular weight excluding hydrogens is 651 g/mol. The quantitative estimate of drug-likeness (QED) is 0.176. The third-order valence-corrected chi connectivity index (χ3v) is 8.29. The van der Waals surface area contributed by atoms with E-state index < -0.39 is 0 Å². The summed E-state index contributed by atoms with van der Waals surface area (Å²) in [5.74, 6) is 2.17. The van der Waals surface area contributed by atoms with Crippen LogP contribution < -0.4 is 14.2 Å². The molecule has 52 heavy (non-hydrogen) atoms. The molecule has 0 saturated carbocycles. The second-order valence-corrected chi connectivity index (χ2v) is 11.7. The third-order valence-electron chi connectivity index (χ3n) is 8.29. The molecule has 0 N–H and O–H groups in total. The van der Waals surface area contributed by atoms with E-state index in [1.165, 1.54) is 4.90 Å². The first kappa shape index (κ1) is 30.6. The largest absolute Gasteiger partial charge is 0.424 e. The number of aliphatic imine (C=N–C) groups is 6. The fourth-order valence-corrected chi connectivity index (χ4v) is 5.72. The van der Waals surface area contributed by atoms with Crippen LogP contribution in [0, 0.1) is 0 Å². The van der Waals surface area contributed by atoms with E-state index in [1.807, 2.05) is 127 Å². The van der Waals surface area contributed by atoms with Crippen LogP contribution in [0.1, 0.15) is 0 Å². The van der Waals surface area contributed by atoms with Gasteiger partial charge in [0.15, 0.2) is 0 Å². The Hall–Kier alpha value is -7.46. The minimum Gasteiger partial charge on any atom is -0.424 e. The first-order valence-corrected chi connectivity index (χ1v) is 16.5. The summed E-state index contributed by atoms with van der Waals surface area (Å²) in [4.78, 5) is 29.0. The molecule has 0 aromatic heterocycles. The fourth-order valence-electron chi connectivity index (χ4n) is 5.72. The molecule has 3 aliphatic rings. The Balaban J connectivity index is 1.02. The molecule has 0 bridgehead atoms. The zero-order valence-electron chi connectivity index (χ0n) is 27.4. The molecule has 248 valence electrons. The average Bonchev–Trinajstić information content (AvgIpc) is 3.20. The predicted molar refractivity (Wildman–Crippen MR) is 204 cm³/mol. The maximum atomic E-state index is 6.13. The van der Waals surface area contributed by atoms with Crippen LogP contribution in [0.5, 0.6) is 17.2 Å². The van der Waals surface area contributed by atoms with E-state index in [-0.39, 0.29) is 35.9 Å². The SMILES string of the molecule is c1ccc(-c2ccc(OC3=NC4=NC(Oc5ccc(-c6ccccc6)cc5)=NC5=NC(Oc6ccc(-c7ccccc7)cc6)=NC(=N3)N45)cc2)cc1. The van der Waals surface area contributed by atoms with Gasteiger partial charge in [0, 0.05) is 0 Å². The minimum atomic E-state index is 0.0301. The van der Waals surface area contributed by atoms with Gasteiger partial charge in [-0.05, 0) is 69.8 Å². The Labute approximate surface area is 298 Å². The summed E-state index contributed by atoms with van der Waals surface area (Å²) in [5, 5.41) is 0. The molecule has 9 rings (SSSR count). The van der Waals surface area contributed by atoms with Crippen LogP contribution in [0.3, 0.4) is 0 Å². The highest BCUT2D eigenvalue weighted by Crippen LogP contribution is 2.27. The highest BCUT2D eigenvalue weighted by atomic mass is 16.5. The van der Waals surface area contributed by atoms with Crippen molar-refractivity contribution >= 4 is 35.9 Å². The third kappa shape index (κ3) is 6.47. The van der Waals surface area contributed by atoms with Gasteiger partial charge in [0.1, 0.15) is 17.2 Å². The van der Waals surface area contributed by atoms with Gasteiger partial charge in [0.25, 0.3) is 0 Å². The predicted octanol–water partition coefficient (Wildman–Crippen LogP) is 8.70. The van der Waals surface area contributed by atoms with E-state index in [1.54, 1.807) is 0 Å². The Bertz CT molecular complexity index is 2160. The maximum absolute atomic E-state index is 6.13. The molecule has 0 amide bonds. The van der Waals surface area contributed by atoms with Gasteiger partial charge in [-0.1, -0.05) is 127 Å². The summed E-state index contributed by atoms with van der Waals surface area (Å²) in [6, 6.07) is 53.4. The van der Waals surface area contributed by atoms with Crippen molar-refractivity contribution in [1.82, 2.24) is 4.90 Å². The van der Waals surface area contributed by atoms with Crippen LogP contribution in [0.25, 0.3) is 33.4 Å². The molecule has 0 fully saturated rings. The first-order valence-electron chi connectivity index (χ1n) is 16.5. The van der Waals surface area contributed by atoms with Gasteiger partial charge < -0.3 is 14.2 Å². The van der Waals surface area contributed by atoms with Crippen LogP contribution in [-0.2, 0) is 0 Å². The summed E-state index contributed by atoms with van der Waals surface area (Å²) >= 11 is 0. The topological polar surface area (TPSA) is 105 Å². The fraction of sp³-hybridized carbons (Fsp3) is 0. The van der Waals surface area contributed by atoms with Crippen molar-refractivity contribution in [2.45, 2.75) is 0 Å². The van der Waals surface area contributed by atoms with Crippen LogP contribution in [0.4, 0.5) is 0 Å². The smallest absolute Gasteiger partial charge is 0.328 e. The zero-order chi connectivity index (χ0) is 34.7. The van der Waals surface area contributed by atoms with Crippen molar-refractivity contribution < 1.29 is 14.2 Å². The van der Waals surface area contributed by atoms with Crippen LogP contribution in [-0.4, -0.2) is 40.8 Å². The van der Waals surface area contributed by atoms with Gasteiger partial charge in [0.2, 0.25) is 17.9 Å². The number of guanidine groups is 3. The van der Waals surface area contributed by atoms with Gasteiger partial charge in [-0.15, -0.1) is 0 Å². The Morgan fingerprint density at radius 1 is 0.269 bits per heavy atom. The Morgan fingerprint density at radius 3 is 0.788 bits per heavy atom. The van der Waals surface area contributed by atoms with Crippen molar-refractivity contribution in [1.29, 1.82) is 0 Å². The standard InChI is InChI=1S/C42H27N7O3/c1-4-10-28(11-5-1)31-16-22-34(23-17-31)50-40-43-37-45-41(51-35-24-18-32(19-25-35)29-12-6-2-7-13-29)47-39-48-42(46-38(44-40)49(37)39)52-36-26-20-33(21-27-36)30-14-8-3-9-15-30/h1-27H. The monoisotopic (exact) mass is 677 g/mol. The average molecular weight is 678 g/mol. The highest BCUT2D eigenvalue weighted by Gasteiger charge is 2.37. The number of rotatable bonds is 6. The molecule has 0 spiro atoms. The molecule has 0 unspecified atom stereocenters. The molecule has 3 heterocycles. The van der Waals surface area contributed by atoms with E-state index in [0.717, 1.165) is 33.4 Å². The number of ether oxygens (including phenoxy) is 3. The van der Waals surface area contributed by atoms with E-state index >= 15 is 0 Å². The summed E-state index contributed by atoms with van der Waals surface area (Å²) in [6.45, 7) is 0. The molecule has 10 heteroatoms. The number of nitrogens with zero attached hydrogens (tertiary/aromatic N) is 7. The van der Waals surface area contributed by atoms with Gasteiger partial charge >= 0.3 is 18.1 Å². The van der Waals surface area contributed by atoms with Gasteiger partial charge in [-0.25, -0.2) is 4.90 Å². The van der Waals surface area contributed by atoms with Gasteiger partial charge in [0.05, 0.1) is 0 Å². The van der Waals surface area contributed by atoms with Crippen molar-refractivity contribution in [2.24, 2.45) is 30.0 Å². The Morgan fingerprint density at radius 2 is 0.519 bits per heavy atom. The second kappa shape index (κ2) is 13.4. The van der Waals surface area contributed by atoms with E-state index in [9.17, 15) is 0 Å². The molecule has 0 saturated heterocycles. The highest BCUT2D eigenvalue weighted by molar-refractivity contribution is 6.29. The van der Waals surface area contributed by atoms with E-state index in [0.29, 0.717) is 17.2 Å². The molecule has 0 atom stereocenters. The van der Waals surface area contributed by atoms with Crippen LogP contribution in [0.2, 0.25) is 0 Å². The van der Waals surface area contributed by atoms with E-state index in [2.05, 4.69) is 66.4 Å². The lowest BCUT2D eigenvalue weighted by molar-refractivity contribution is 0.525. The lowest BCUT2D eigenvalue weighted by Gasteiger charge is -2.29. The molecular formula is C42H27N7O3. The zero-order valence-corrected chi connectivity index (χ0v) is 27.4. The molecule has 3 aliphatic heterocycles. The number of amidine groups is 3. The molecule has 6 aromatic carbocycles. The number of benzene rings is 6. The number of hydrogen-bond acceptors (Lipinski definition) is 10. The molecule has 0 aliphatic carbocycles. The van der Waals surface area contributed by atoms with Crippen molar-refractivity contribution in [2.75, 3.05) is 0 Å². The number of hydrogen-bond donors (Lipinski definition) is 0. The summed E-state index contributed by atoms with van der Waals surface area (Å²) in [5.41, 5.74) is 6.47. The van der Waals surface area contributed by atoms with Crippen molar-refractivity contribution in [3.05, 3.63) is 164 Å². The van der Waals surface area contributed by atoms with E-state index in [4.69, 9.17) is 14.2 Å². The normalized spacial score (nSPS) is 14.4. The second-order valence-electron chi connectivity index (χ2n) is 11.7. The van der Waals surface area contributed by atoms with Gasteiger partial charge in [-0.3, -0.25) is 0 Å². The van der Waals surface area contributed by atoms with Crippen molar-refractivity contribution in [3.8, 4) is 50.6 Å². The summed E-state index contributed by atoms with van der Waals surface area (Å²) in [6.07, 6.45) is 0. The van der Waals surface area contributed by atoms with Crippen molar-refractivity contribution in [3.63, 3.8) is 0 Å². The van der Waals surface area contributed by atoms with Crippen LogP contribution in [0.15, 0.2) is 194 Å². The minimum absolute atomic E-state index is 0.0301. The Kier molecular flexibility index (Phi) is 7.91. The van der Waals surface area contributed by atoms with Gasteiger partial charge in [-0.2, -0.15) is 30.0 Å². The molecule has 6 aromatic rings. The maximum Gasteiger partial charge on any atom is 0.328 e. The molecule has 10 nitrogen and oxygen atoms in total. The van der Waals surface area contributed by atoms with Crippen LogP contribution >= 0.6 is 0 Å².